The van der Waals surface area contributed by atoms with Crippen molar-refractivity contribution in [1.82, 2.24) is 15.0 Å². The highest BCUT2D eigenvalue weighted by atomic mass is 16.3. The molecule has 1 aromatic rings. The summed E-state index contributed by atoms with van der Waals surface area (Å²) in [4.78, 5) is 0. The Kier molecular flexibility index (Phi) is 3.14. The van der Waals surface area contributed by atoms with Crippen molar-refractivity contribution in [2.24, 2.45) is 5.92 Å². The molecular formula is C10H17N3O. The molecule has 0 radical (unpaired) electrons. The molecule has 2 rings (SSSR count). The molecule has 78 valence electrons. The number of hydrogen-bond donors (Lipinski definition) is 1. The Labute approximate surface area is 83.9 Å². The lowest BCUT2D eigenvalue weighted by atomic mass is 10.1. The van der Waals surface area contributed by atoms with Gasteiger partial charge in [-0.1, -0.05) is 18.1 Å². The van der Waals surface area contributed by atoms with Crippen LogP contribution < -0.4 is 0 Å². The lowest BCUT2D eigenvalue weighted by Gasteiger charge is -2.06. The van der Waals surface area contributed by atoms with E-state index in [0.717, 1.165) is 18.2 Å². The van der Waals surface area contributed by atoms with E-state index < -0.39 is 0 Å². The molecule has 0 unspecified atom stereocenters. The van der Waals surface area contributed by atoms with Crippen molar-refractivity contribution < 1.29 is 5.11 Å². The van der Waals surface area contributed by atoms with Crippen LogP contribution in [0.15, 0.2) is 6.20 Å². The molecular weight excluding hydrogens is 178 g/mol. The van der Waals surface area contributed by atoms with E-state index >= 15 is 0 Å². The number of hydrogen-bond acceptors (Lipinski definition) is 3. The van der Waals surface area contributed by atoms with Crippen LogP contribution in [0.4, 0.5) is 0 Å². The van der Waals surface area contributed by atoms with E-state index in [1.807, 2.05) is 10.9 Å². The first-order chi connectivity index (χ1) is 6.88. The van der Waals surface area contributed by atoms with Crippen LogP contribution in [0.2, 0.25) is 0 Å². The predicted octanol–water partition coefficient (Wildman–Crippen LogP) is 1.00. The number of rotatable bonds is 4. The number of aromatic nitrogens is 3. The van der Waals surface area contributed by atoms with Crippen molar-refractivity contribution in [2.45, 2.75) is 38.6 Å². The van der Waals surface area contributed by atoms with Gasteiger partial charge in [-0.05, 0) is 18.8 Å². The van der Waals surface area contributed by atoms with Gasteiger partial charge in [0.2, 0.25) is 0 Å². The molecule has 1 aromatic heterocycles. The molecule has 1 aliphatic carbocycles. The molecule has 1 fully saturated rings. The molecule has 1 saturated carbocycles. The summed E-state index contributed by atoms with van der Waals surface area (Å²) < 4.78 is 1.92. The maximum atomic E-state index is 8.74. The minimum absolute atomic E-state index is 0.155. The van der Waals surface area contributed by atoms with Crippen molar-refractivity contribution in [3.05, 3.63) is 11.9 Å². The molecule has 0 aromatic carbocycles. The fraction of sp³-hybridized carbons (Fsp3) is 0.800. The van der Waals surface area contributed by atoms with Crippen LogP contribution in [0.1, 0.15) is 31.4 Å². The maximum Gasteiger partial charge on any atom is 0.0849 e. The highest BCUT2D eigenvalue weighted by Gasteiger charge is 2.15. The average molecular weight is 195 g/mol. The molecule has 4 nitrogen and oxygen atoms in total. The van der Waals surface area contributed by atoms with Gasteiger partial charge in [-0.3, -0.25) is 4.68 Å². The molecule has 0 saturated heterocycles. The van der Waals surface area contributed by atoms with Crippen LogP contribution in [0.3, 0.4) is 0 Å². The van der Waals surface area contributed by atoms with Crippen LogP contribution in [-0.4, -0.2) is 26.7 Å². The van der Waals surface area contributed by atoms with Crippen molar-refractivity contribution in [3.63, 3.8) is 0 Å². The minimum atomic E-state index is 0.155. The van der Waals surface area contributed by atoms with Crippen LogP contribution >= 0.6 is 0 Å². The Morgan fingerprint density at radius 1 is 1.43 bits per heavy atom. The smallest absolute Gasteiger partial charge is 0.0849 e. The van der Waals surface area contributed by atoms with Gasteiger partial charge in [0.25, 0.3) is 0 Å². The number of aliphatic hydroxyl groups excluding tert-OH is 1. The molecule has 0 spiro atoms. The first-order valence-electron chi connectivity index (χ1n) is 5.38. The van der Waals surface area contributed by atoms with E-state index in [1.165, 1.54) is 25.7 Å². The third kappa shape index (κ3) is 2.32. The molecule has 0 bridgehead atoms. The van der Waals surface area contributed by atoms with Gasteiger partial charge >= 0.3 is 0 Å². The van der Waals surface area contributed by atoms with Gasteiger partial charge in [-0.25, -0.2) is 0 Å². The Hall–Kier alpha value is -0.900. The van der Waals surface area contributed by atoms with Gasteiger partial charge < -0.3 is 5.11 Å². The fourth-order valence-electron chi connectivity index (χ4n) is 2.11. The quantitative estimate of drug-likeness (QED) is 0.780. The van der Waals surface area contributed by atoms with Gasteiger partial charge in [0.05, 0.1) is 5.69 Å². The van der Waals surface area contributed by atoms with Gasteiger partial charge in [0, 0.05) is 25.8 Å². The summed E-state index contributed by atoms with van der Waals surface area (Å²) in [6.45, 7) is 1.15. The number of nitrogens with zero attached hydrogens (tertiary/aromatic N) is 3. The molecule has 0 amide bonds. The minimum Gasteiger partial charge on any atom is -0.396 e. The average Bonchev–Trinajstić information content (AvgIpc) is 2.79. The molecule has 1 heterocycles. The monoisotopic (exact) mass is 195 g/mol. The summed E-state index contributed by atoms with van der Waals surface area (Å²) in [6, 6.07) is 0. The summed E-state index contributed by atoms with van der Waals surface area (Å²) in [5.41, 5.74) is 0.894. The molecule has 14 heavy (non-hydrogen) atoms. The zero-order chi connectivity index (χ0) is 9.80. The second kappa shape index (κ2) is 4.55. The SMILES string of the molecule is OCCc1cn(CC2CCCC2)nn1. The second-order valence-electron chi connectivity index (χ2n) is 4.06. The molecule has 4 heteroatoms. The van der Waals surface area contributed by atoms with Crippen molar-refractivity contribution in [3.8, 4) is 0 Å². The highest BCUT2D eigenvalue weighted by Crippen LogP contribution is 2.25. The van der Waals surface area contributed by atoms with Gasteiger partial charge in [-0.15, -0.1) is 5.10 Å². The first kappa shape index (κ1) is 9.65. The van der Waals surface area contributed by atoms with Crippen LogP contribution in [0, 0.1) is 5.92 Å². The zero-order valence-corrected chi connectivity index (χ0v) is 8.39. The maximum absolute atomic E-state index is 8.74. The second-order valence-corrected chi connectivity index (χ2v) is 4.06. The van der Waals surface area contributed by atoms with Crippen molar-refractivity contribution in [1.29, 1.82) is 0 Å². The Morgan fingerprint density at radius 2 is 2.21 bits per heavy atom. The van der Waals surface area contributed by atoms with Gasteiger partial charge in [0.15, 0.2) is 0 Å². The highest BCUT2D eigenvalue weighted by molar-refractivity contribution is 4.92. The normalized spacial score (nSPS) is 17.8. The van der Waals surface area contributed by atoms with Crippen LogP contribution in [0.25, 0.3) is 0 Å². The third-order valence-electron chi connectivity index (χ3n) is 2.87. The van der Waals surface area contributed by atoms with E-state index in [9.17, 15) is 0 Å². The van der Waals surface area contributed by atoms with Gasteiger partial charge in [0.1, 0.15) is 0 Å². The zero-order valence-electron chi connectivity index (χ0n) is 8.39. The molecule has 0 aliphatic heterocycles. The summed E-state index contributed by atoms with van der Waals surface area (Å²) >= 11 is 0. The lowest BCUT2D eigenvalue weighted by molar-refractivity contribution is 0.298. The third-order valence-corrected chi connectivity index (χ3v) is 2.87. The Bertz CT molecular complexity index is 279. The standard InChI is InChI=1S/C10H17N3O/c14-6-5-10-8-13(12-11-10)7-9-3-1-2-4-9/h8-9,14H,1-7H2. The van der Waals surface area contributed by atoms with E-state index in [4.69, 9.17) is 5.11 Å². The largest absolute Gasteiger partial charge is 0.396 e. The lowest BCUT2D eigenvalue weighted by Crippen LogP contribution is -2.07. The topological polar surface area (TPSA) is 50.9 Å². The fourth-order valence-corrected chi connectivity index (χ4v) is 2.11. The van der Waals surface area contributed by atoms with Crippen LogP contribution in [-0.2, 0) is 13.0 Å². The van der Waals surface area contributed by atoms with E-state index in [1.54, 1.807) is 0 Å². The molecule has 0 atom stereocenters. The Morgan fingerprint density at radius 3 is 2.93 bits per heavy atom. The predicted molar refractivity (Wildman–Crippen MR) is 52.8 cm³/mol. The summed E-state index contributed by atoms with van der Waals surface area (Å²) in [5, 5.41) is 16.8. The summed E-state index contributed by atoms with van der Waals surface area (Å²) in [7, 11) is 0. The van der Waals surface area contributed by atoms with Crippen molar-refractivity contribution >= 4 is 0 Å². The van der Waals surface area contributed by atoms with E-state index in [-0.39, 0.29) is 6.61 Å². The van der Waals surface area contributed by atoms with E-state index in [2.05, 4.69) is 10.3 Å². The van der Waals surface area contributed by atoms with Crippen molar-refractivity contribution in [2.75, 3.05) is 6.61 Å². The summed E-state index contributed by atoms with van der Waals surface area (Å²) in [5.74, 6) is 0.790. The van der Waals surface area contributed by atoms with E-state index in [0.29, 0.717) is 6.42 Å². The van der Waals surface area contributed by atoms with Crippen LogP contribution in [0.5, 0.6) is 0 Å². The molecule has 1 aliphatic rings. The number of aliphatic hydroxyl groups is 1. The van der Waals surface area contributed by atoms with Gasteiger partial charge in [-0.2, -0.15) is 0 Å². The summed E-state index contributed by atoms with van der Waals surface area (Å²) in [6.07, 6.45) is 7.95. The Balaban J connectivity index is 1.88. The first-order valence-corrected chi connectivity index (χ1v) is 5.38. The molecule has 1 N–H and O–H groups in total.